The van der Waals surface area contributed by atoms with Gasteiger partial charge in [-0.25, -0.2) is 8.78 Å². The van der Waals surface area contributed by atoms with Crippen LogP contribution in [-0.2, 0) is 4.74 Å². The van der Waals surface area contributed by atoms with E-state index in [9.17, 15) is 8.78 Å². The molecule has 0 aromatic heterocycles. The highest BCUT2D eigenvalue weighted by atomic mass is 19.1. The number of nitriles is 1. The molecular formula is C21H33F2NO. The summed E-state index contributed by atoms with van der Waals surface area (Å²) in [5, 5.41) is 9.03. The first-order valence-corrected chi connectivity index (χ1v) is 10.4. The average Bonchev–Trinajstić information content (AvgIpc) is 2.63. The fraction of sp³-hybridized carbons (Fsp3) is 0.952. The van der Waals surface area contributed by atoms with Crippen molar-refractivity contribution in [3.63, 3.8) is 0 Å². The van der Waals surface area contributed by atoms with Gasteiger partial charge in [0.2, 0.25) is 0 Å². The monoisotopic (exact) mass is 353 g/mol. The fourth-order valence-corrected chi connectivity index (χ4v) is 5.76. The standard InChI is InChI=1S/C21H33F2NO/c1-2-25-21-10-8-17(12-20(21)23)18-9-7-16(11-19(18)22)15-5-3-14(13-24)4-6-15/h14-21H,2-12H2,1H3. The van der Waals surface area contributed by atoms with Crippen molar-refractivity contribution in [1.29, 1.82) is 5.26 Å². The van der Waals surface area contributed by atoms with Gasteiger partial charge in [-0.3, -0.25) is 0 Å². The summed E-state index contributed by atoms with van der Waals surface area (Å²) in [5.41, 5.74) is 0. The van der Waals surface area contributed by atoms with Gasteiger partial charge >= 0.3 is 0 Å². The van der Waals surface area contributed by atoms with Crippen LogP contribution < -0.4 is 0 Å². The molecule has 0 aromatic carbocycles. The summed E-state index contributed by atoms with van der Waals surface area (Å²) >= 11 is 0. The predicted molar refractivity (Wildman–Crippen MR) is 94.4 cm³/mol. The van der Waals surface area contributed by atoms with Gasteiger partial charge in [-0.1, -0.05) is 0 Å². The minimum absolute atomic E-state index is 0.0486. The molecule has 3 fully saturated rings. The van der Waals surface area contributed by atoms with Gasteiger partial charge in [-0.05, 0) is 94.8 Å². The molecule has 0 N–H and O–H groups in total. The molecule has 0 bridgehead atoms. The van der Waals surface area contributed by atoms with Crippen molar-refractivity contribution in [2.45, 2.75) is 89.6 Å². The predicted octanol–water partition coefficient (Wildman–Crippen LogP) is 5.61. The van der Waals surface area contributed by atoms with Crippen molar-refractivity contribution >= 4 is 0 Å². The number of hydrogen-bond acceptors (Lipinski definition) is 2. The van der Waals surface area contributed by atoms with E-state index >= 15 is 0 Å². The average molecular weight is 353 g/mol. The Balaban J connectivity index is 1.48. The van der Waals surface area contributed by atoms with E-state index in [0.717, 1.165) is 51.4 Å². The van der Waals surface area contributed by atoms with Crippen LogP contribution in [0.2, 0.25) is 0 Å². The second-order valence-electron chi connectivity index (χ2n) is 8.58. The molecule has 3 aliphatic carbocycles. The zero-order chi connectivity index (χ0) is 17.8. The fourth-order valence-electron chi connectivity index (χ4n) is 5.76. The van der Waals surface area contributed by atoms with E-state index < -0.39 is 12.3 Å². The van der Waals surface area contributed by atoms with E-state index in [1.807, 2.05) is 6.92 Å². The Morgan fingerprint density at radius 1 is 0.840 bits per heavy atom. The molecule has 3 aliphatic rings. The van der Waals surface area contributed by atoms with Gasteiger partial charge in [-0.2, -0.15) is 5.26 Å². The van der Waals surface area contributed by atoms with E-state index in [-0.39, 0.29) is 23.9 Å². The third-order valence-electron chi connectivity index (χ3n) is 7.22. The Hall–Kier alpha value is -0.690. The molecule has 0 amide bonds. The highest BCUT2D eigenvalue weighted by Gasteiger charge is 2.42. The zero-order valence-electron chi connectivity index (χ0n) is 15.5. The molecule has 25 heavy (non-hydrogen) atoms. The van der Waals surface area contributed by atoms with Crippen molar-refractivity contribution < 1.29 is 13.5 Å². The van der Waals surface area contributed by atoms with E-state index in [4.69, 9.17) is 10.00 Å². The summed E-state index contributed by atoms with van der Waals surface area (Å²) in [6.45, 7) is 2.46. The van der Waals surface area contributed by atoms with Crippen molar-refractivity contribution in [1.82, 2.24) is 0 Å². The summed E-state index contributed by atoms with van der Waals surface area (Å²) < 4.78 is 34.8. The first-order valence-electron chi connectivity index (χ1n) is 10.4. The lowest BCUT2D eigenvalue weighted by atomic mass is 9.65. The summed E-state index contributed by atoms with van der Waals surface area (Å²) in [6.07, 6.45) is 6.99. The molecular weight excluding hydrogens is 320 g/mol. The molecule has 3 saturated carbocycles. The van der Waals surface area contributed by atoms with E-state index in [1.165, 1.54) is 0 Å². The lowest BCUT2D eigenvalue weighted by Crippen LogP contribution is -2.41. The second-order valence-corrected chi connectivity index (χ2v) is 8.58. The molecule has 0 aliphatic heterocycles. The Bertz CT molecular complexity index is 457. The van der Waals surface area contributed by atoms with Crippen LogP contribution in [0.3, 0.4) is 0 Å². The molecule has 0 saturated heterocycles. The zero-order valence-corrected chi connectivity index (χ0v) is 15.5. The number of hydrogen-bond donors (Lipinski definition) is 0. The van der Waals surface area contributed by atoms with Crippen LogP contribution in [0.25, 0.3) is 0 Å². The van der Waals surface area contributed by atoms with Gasteiger partial charge in [0.25, 0.3) is 0 Å². The number of nitrogens with zero attached hydrogens (tertiary/aromatic N) is 1. The van der Waals surface area contributed by atoms with Gasteiger partial charge in [0.1, 0.15) is 12.3 Å². The summed E-state index contributed by atoms with van der Waals surface area (Å²) in [4.78, 5) is 0. The molecule has 6 atom stereocenters. The topological polar surface area (TPSA) is 33.0 Å². The lowest BCUT2D eigenvalue weighted by molar-refractivity contribution is -0.0519. The normalized spacial score (nSPS) is 45.7. The summed E-state index contributed by atoms with van der Waals surface area (Å²) in [5.74, 6) is 1.54. The maximum absolute atomic E-state index is 14.9. The van der Waals surface area contributed by atoms with E-state index in [1.54, 1.807) is 0 Å². The van der Waals surface area contributed by atoms with Crippen molar-refractivity contribution in [3.05, 3.63) is 0 Å². The Labute approximate surface area is 151 Å². The first kappa shape index (κ1) is 19.1. The molecule has 2 nitrogen and oxygen atoms in total. The van der Waals surface area contributed by atoms with Gasteiger partial charge in [0.05, 0.1) is 12.2 Å². The SMILES string of the molecule is CCOC1CCC(C2CCC(C3CCC(C#N)CC3)CC2F)CC1F. The van der Waals surface area contributed by atoms with Gasteiger partial charge in [0, 0.05) is 12.5 Å². The number of ether oxygens (including phenoxy) is 1. The molecule has 142 valence electrons. The van der Waals surface area contributed by atoms with Gasteiger partial charge < -0.3 is 4.74 Å². The molecule has 3 rings (SSSR count). The smallest absolute Gasteiger partial charge is 0.126 e. The minimum atomic E-state index is -0.926. The number of rotatable bonds is 4. The maximum Gasteiger partial charge on any atom is 0.126 e. The Morgan fingerprint density at radius 2 is 1.48 bits per heavy atom. The number of alkyl halides is 2. The van der Waals surface area contributed by atoms with Crippen LogP contribution in [0.5, 0.6) is 0 Å². The van der Waals surface area contributed by atoms with Crippen LogP contribution >= 0.6 is 0 Å². The van der Waals surface area contributed by atoms with Crippen LogP contribution in [0.4, 0.5) is 8.78 Å². The molecule has 0 radical (unpaired) electrons. The highest BCUT2D eigenvalue weighted by molar-refractivity contribution is 4.94. The third kappa shape index (κ3) is 4.54. The van der Waals surface area contributed by atoms with E-state index in [2.05, 4.69) is 6.07 Å². The van der Waals surface area contributed by atoms with Crippen molar-refractivity contribution in [3.8, 4) is 6.07 Å². The van der Waals surface area contributed by atoms with Gasteiger partial charge in [-0.15, -0.1) is 0 Å². The Morgan fingerprint density at radius 3 is 2.08 bits per heavy atom. The van der Waals surface area contributed by atoms with Crippen molar-refractivity contribution in [2.24, 2.45) is 29.6 Å². The highest BCUT2D eigenvalue weighted by Crippen LogP contribution is 2.46. The summed E-state index contributed by atoms with van der Waals surface area (Å²) in [7, 11) is 0. The third-order valence-corrected chi connectivity index (χ3v) is 7.22. The second kappa shape index (κ2) is 8.80. The minimum Gasteiger partial charge on any atom is -0.375 e. The van der Waals surface area contributed by atoms with E-state index in [0.29, 0.717) is 31.3 Å². The maximum atomic E-state index is 14.9. The molecule has 0 aromatic rings. The lowest BCUT2D eigenvalue weighted by Gasteiger charge is -2.43. The molecule has 0 spiro atoms. The molecule has 6 unspecified atom stereocenters. The van der Waals surface area contributed by atoms with Crippen LogP contribution in [-0.4, -0.2) is 25.1 Å². The summed E-state index contributed by atoms with van der Waals surface area (Å²) in [6, 6.07) is 2.38. The Kier molecular flexibility index (Phi) is 6.72. The van der Waals surface area contributed by atoms with Crippen LogP contribution in [0.1, 0.15) is 71.1 Å². The first-order chi connectivity index (χ1) is 12.1. The van der Waals surface area contributed by atoms with Gasteiger partial charge in [0.15, 0.2) is 0 Å². The quantitative estimate of drug-likeness (QED) is 0.658. The van der Waals surface area contributed by atoms with Crippen LogP contribution in [0.15, 0.2) is 0 Å². The molecule has 4 heteroatoms. The largest absolute Gasteiger partial charge is 0.375 e. The van der Waals surface area contributed by atoms with Crippen molar-refractivity contribution in [2.75, 3.05) is 6.61 Å². The van der Waals surface area contributed by atoms with Crippen LogP contribution in [0, 0.1) is 40.9 Å². The number of halogens is 2. The molecule has 0 heterocycles.